The number of aliphatic imine (C=N–C) groups is 2. The molecule has 0 bridgehead atoms. The first kappa shape index (κ1) is 32.8. The van der Waals surface area contributed by atoms with E-state index in [0.717, 1.165) is 56.0 Å². The van der Waals surface area contributed by atoms with Crippen molar-refractivity contribution in [2.75, 3.05) is 13.2 Å². The van der Waals surface area contributed by atoms with E-state index in [1.165, 1.54) is 0 Å². The Balaban J connectivity index is 0.950. The van der Waals surface area contributed by atoms with Gasteiger partial charge < -0.3 is 18.6 Å². The van der Waals surface area contributed by atoms with Gasteiger partial charge in [0.15, 0.2) is 11.6 Å². The van der Waals surface area contributed by atoms with Crippen molar-refractivity contribution in [1.29, 1.82) is 0 Å². The van der Waals surface area contributed by atoms with Crippen LogP contribution in [0, 0.1) is 0 Å². The predicted molar refractivity (Wildman–Crippen MR) is 201 cm³/mol. The highest BCUT2D eigenvalue weighted by Crippen LogP contribution is 2.22. The standard InChI is InChI=1S/C42H40N6O2/c1-47-39-19-11-9-17-35(39)45-41(47)25-43-37(33-13-5-3-6-14-33)29-49-27-31-21-23-32(24-22-31)28-50-30-38(34-15-7-4-8-16-34)44-26-42-46-36-18-10-12-20-40(36)48(42)2/h3-26,37-38H,27-30H2,1-2H3. The number of rotatable bonds is 14. The second-order valence-electron chi connectivity index (χ2n) is 12.3. The summed E-state index contributed by atoms with van der Waals surface area (Å²) in [7, 11) is 4.03. The molecule has 0 amide bonds. The molecule has 0 saturated heterocycles. The molecule has 0 aliphatic rings. The summed E-state index contributed by atoms with van der Waals surface area (Å²) in [6.07, 6.45) is 3.70. The topological polar surface area (TPSA) is 78.8 Å². The maximum atomic E-state index is 6.21. The van der Waals surface area contributed by atoms with E-state index < -0.39 is 0 Å². The number of benzene rings is 5. The van der Waals surface area contributed by atoms with Gasteiger partial charge in [0.25, 0.3) is 0 Å². The molecule has 0 fully saturated rings. The molecule has 0 aliphatic heterocycles. The van der Waals surface area contributed by atoms with Crippen molar-refractivity contribution < 1.29 is 9.47 Å². The zero-order chi connectivity index (χ0) is 34.1. The largest absolute Gasteiger partial charge is 0.374 e. The molecule has 250 valence electrons. The maximum Gasteiger partial charge on any atom is 0.151 e. The molecule has 50 heavy (non-hydrogen) atoms. The zero-order valence-corrected chi connectivity index (χ0v) is 28.3. The first-order valence-electron chi connectivity index (χ1n) is 16.8. The van der Waals surface area contributed by atoms with Crippen LogP contribution in [0.15, 0.2) is 143 Å². The number of nitrogens with zero attached hydrogens (tertiary/aromatic N) is 6. The van der Waals surface area contributed by atoms with Crippen LogP contribution in [0.1, 0.15) is 46.0 Å². The van der Waals surface area contributed by atoms with Gasteiger partial charge in [0.1, 0.15) is 0 Å². The van der Waals surface area contributed by atoms with Crippen LogP contribution in [-0.2, 0) is 36.8 Å². The molecular formula is C42H40N6O2. The third-order valence-electron chi connectivity index (χ3n) is 8.86. The van der Waals surface area contributed by atoms with E-state index >= 15 is 0 Å². The van der Waals surface area contributed by atoms with Crippen molar-refractivity contribution in [2.45, 2.75) is 25.3 Å². The SMILES string of the molecule is Cn1c(C=NC(COCc2ccc(COCC(N=Cc3nc4ccccc4n3C)c3ccccc3)cc2)c2ccccc2)nc2ccccc21. The van der Waals surface area contributed by atoms with Gasteiger partial charge in [0, 0.05) is 14.1 Å². The van der Waals surface area contributed by atoms with Crippen LogP contribution in [-0.4, -0.2) is 44.7 Å². The summed E-state index contributed by atoms with van der Waals surface area (Å²) in [6.45, 7) is 1.87. The minimum absolute atomic E-state index is 0.152. The Bertz CT molecular complexity index is 2050. The van der Waals surface area contributed by atoms with Crippen LogP contribution in [0.2, 0.25) is 0 Å². The van der Waals surface area contributed by atoms with E-state index in [-0.39, 0.29) is 12.1 Å². The van der Waals surface area contributed by atoms with Gasteiger partial charge in [0.2, 0.25) is 0 Å². The van der Waals surface area contributed by atoms with E-state index in [4.69, 9.17) is 29.4 Å². The molecule has 5 aromatic carbocycles. The highest BCUT2D eigenvalue weighted by Gasteiger charge is 2.13. The van der Waals surface area contributed by atoms with Gasteiger partial charge >= 0.3 is 0 Å². The normalized spacial score (nSPS) is 13.2. The summed E-state index contributed by atoms with van der Waals surface area (Å²) in [6, 6.07) is 44.8. The second kappa shape index (κ2) is 15.7. The number of imidazole rings is 2. The highest BCUT2D eigenvalue weighted by molar-refractivity contribution is 5.85. The number of aryl methyl sites for hydroxylation is 2. The average Bonchev–Trinajstić information content (AvgIpc) is 3.67. The third kappa shape index (κ3) is 7.78. The number of hydrogen-bond donors (Lipinski definition) is 0. The van der Waals surface area contributed by atoms with Gasteiger partial charge in [0.05, 0.1) is 73.0 Å². The van der Waals surface area contributed by atoms with Gasteiger partial charge in [-0.05, 0) is 46.5 Å². The van der Waals surface area contributed by atoms with Crippen molar-refractivity contribution in [3.8, 4) is 0 Å². The Kier molecular flexibility index (Phi) is 10.3. The molecule has 7 rings (SSSR count). The van der Waals surface area contributed by atoms with Crippen LogP contribution in [0.25, 0.3) is 22.1 Å². The lowest BCUT2D eigenvalue weighted by Gasteiger charge is -2.15. The van der Waals surface area contributed by atoms with Crippen molar-refractivity contribution in [3.63, 3.8) is 0 Å². The monoisotopic (exact) mass is 660 g/mol. The average molecular weight is 661 g/mol. The Hall–Kier alpha value is -5.70. The summed E-state index contributed by atoms with van der Waals surface area (Å²) in [5.74, 6) is 1.63. The van der Waals surface area contributed by atoms with Crippen LogP contribution in [0.4, 0.5) is 0 Å². The fraction of sp³-hybridized carbons (Fsp3) is 0.190. The molecule has 0 radical (unpaired) electrons. The van der Waals surface area contributed by atoms with E-state index in [9.17, 15) is 0 Å². The number of ether oxygens (including phenoxy) is 2. The van der Waals surface area contributed by atoms with Crippen LogP contribution in [0.3, 0.4) is 0 Å². The van der Waals surface area contributed by atoms with Crippen molar-refractivity contribution in [1.82, 2.24) is 19.1 Å². The van der Waals surface area contributed by atoms with Gasteiger partial charge in [-0.2, -0.15) is 0 Å². The van der Waals surface area contributed by atoms with E-state index in [1.54, 1.807) is 0 Å². The van der Waals surface area contributed by atoms with Crippen LogP contribution >= 0.6 is 0 Å². The number of hydrogen-bond acceptors (Lipinski definition) is 6. The van der Waals surface area contributed by atoms with E-state index in [0.29, 0.717) is 26.4 Å². The molecule has 0 aliphatic carbocycles. The van der Waals surface area contributed by atoms with Crippen LogP contribution in [0.5, 0.6) is 0 Å². The summed E-state index contributed by atoms with van der Waals surface area (Å²) >= 11 is 0. The molecule has 0 N–H and O–H groups in total. The molecule has 2 atom stereocenters. The predicted octanol–water partition coefficient (Wildman–Crippen LogP) is 8.21. The molecule has 2 aromatic heterocycles. The van der Waals surface area contributed by atoms with Gasteiger partial charge in [-0.15, -0.1) is 0 Å². The van der Waals surface area contributed by atoms with Gasteiger partial charge in [-0.3, -0.25) is 9.98 Å². The lowest BCUT2D eigenvalue weighted by Crippen LogP contribution is -2.08. The van der Waals surface area contributed by atoms with Crippen molar-refractivity contribution >= 4 is 34.5 Å². The number of fused-ring (bicyclic) bond motifs is 2. The Morgan fingerprint density at radius 1 is 0.520 bits per heavy atom. The highest BCUT2D eigenvalue weighted by atomic mass is 16.5. The summed E-state index contributed by atoms with van der Waals surface area (Å²) < 4.78 is 16.5. The maximum absolute atomic E-state index is 6.21. The van der Waals surface area contributed by atoms with E-state index in [1.807, 2.05) is 99.3 Å². The molecule has 8 heteroatoms. The Labute approximate surface area is 292 Å². The van der Waals surface area contributed by atoms with Crippen molar-refractivity contribution in [2.24, 2.45) is 24.1 Å². The first-order chi connectivity index (χ1) is 24.6. The summed E-state index contributed by atoms with van der Waals surface area (Å²) in [5, 5.41) is 0. The zero-order valence-electron chi connectivity index (χ0n) is 28.3. The molecule has 7 aromatic rings. The minimum Gasteiger partial charge on any atom is -0.374 e. The fourth-order valence-corrected chi connectivity index (χ4v) is 5.98. The van der Waals surface area contributed by atoms with Crippen LogP contribution < -0.4 is 0 Å². The first-order valence-corrected chi connectivity index (χ1v) is 16.8. The third-order valence-corrected chi connectivity index (χ3v) is 8.86. The molecule has 2 heterocycles. The Morgan fingerprint density at radius 2 is 0.900 bits per heavy atom. The lowest BCUT2D eigenvalue weighted by molar-refractivity contribution is 0.107. The smallest absolute Gasteiger partial charge is 0.151 e. The van der Waals surface area contributed by atoms with Gasteiger partial charge in [-0.25, -0.2) is 9.97 Å². The quantitative estimate of drug-likeness (QED) is 0.110. The minimum atomic E-state index is -0.152. The molecule has 0 spiro atoms. The number of para-hydroxylation sites is 4. The lowest BCUT2D eigenvalue weighted by atomic mass is 10.1. The van der Waals surface area contributed by atoms with Gasteiger partial charge in [-0.1, -0.05) is 109 Å². The fourth-order valence-electron chi connectivity index (χ4n) is 5.98. The molecule has 0 saturated carbocycles. The molecule has 2 unspecified atom stereocenters. The Morgan fingerprint density at radius 3 is 1.30 bits per heavy atom. The van der Waals surface area contributed by atoms with E-state index in [2.05, 4.69) is 69.8 Å². The summed E-state index contributed by atoms with van der Waals surface area (Å²) in [5.41, 5.74) is 8.45. The molecular weight excluding hydrogens is 621 g/mol. The van der Waals surface area contributed by atoms with Crippen molar-refractivity contribution in [3.05, 3.63) is 167 Å². The molecule has 8 nitrogen and oxygen atoms in total. The number of aromatic nitrogens is 4. The summed E-state index contributed by atoms with van der Waals surface area (Å²) in [4.78, 5) is 19.3. The second-order valence-corrected chi connectivity index (χ2v) is 12.3.